The van der Waals surface area contributed by atoms with E-state index in [-0.39, 0.29) is 18.2 Å². The van der Waals surface area contributed by atoms with Gasteiger partial charge in [0.25, 0.3) is 0 Å². The Morgan fingerprint density at radius 1 is 1.56 bits per heavy atom. The maximum absolute atomic E-state index is 11.5. The first-order chi connectivity index (χ1) is 8.58. The minimum atomic E-state index is -0.800. The van der Waals surface area contributed by atoms with Gasteiger partial charge in [0.2, 0.25) is 5.91 Å². The molecule has 0 saturated carbocycles. The normalized spacial score (nSPS) is 12.5. The first-order valence-corrected chi connectivity index (χ1v) is 6.67. The fraction of sp³-hybridized carbons (Fsp3) is 0.385. The van der Waals surface area contributed by atoms with Crippen LogP contribution in [0.15, 0.2) is 23.6 Å². The Labute approximate surface area is 110 Å². The van der Waals surface area contributed by atoms with Crippen molar-refractivity contribution in [3.05, 3.63) is 28.5 Å². The number of rotatable bonds is 7. The number of hydrogen-bond donors (Lipinski definition) is 2. The van der Waals surface area contributed by atoms with Crippen LogP contribution < -0.4 is 5.32 Å². The lowest BCUT2D eigenvalue weighted by molar-refractivity contribution is -0.137. The van der Waals surface area contributed by atoms with Crippen molar-refractivity contribution in [2.24, 2.45) is 5.92 Å². The predicted molar refractivity (Wildman–Crippen MR) is 72.4 cm³/mol. The summed E-state index contributed by atoms with van der Waals surface area (Å²) in [5.41, 5.74) is 0. The zero-order valence-electron chi connectivity index (χ0n) is 10.3. The molecule has 1 amide bonds. The molecule has 2 N–H and O–H groups in total. The highest BCUT2D eigenvalue weighted by Gasteiger charge is 2.06. The molecule has 0 aliphatic heterocycles. The Balaban J connectivity index is 2.22. The van der Waals surface area contributed by atoms with Crippen LogP contribution in [0.25, 0.3) is 6.08 Å². The first kappa shape index (κ1) is 14.4. The lowest BCUT2D eigenvalue weighted by atomic mass is 10.1. The van der Waals surface area contributed by atoms with Crippen LogP contribution in [0.2, 0.25) is 0 Å². The fourth-order valence-electron chi connectivity index (χ4n) is 1.35. The average molecular weight is 267 g/mol. The van der Waals surface area contributed by atoms with Gasteiger partial charge < -0.3 is 10.4 Å². The van der Waals surface area contributed by atoms with Gasteiger partial charge in [-0.3, -0.25) is 9.59 Å². The minimum Gasteiger partial charge on any atom is -0.481 e. The SMILES string of the molecule is CC(CCC(=O)O)CNC(=O)/C=C/c1cccs1. The van der Waals surface area contributed by atoms with Crippen molar-refractivity contribution in [1.82, 2.24) is 5.32 Å². The van der Waals surface area contributed by atoms with Gasteiger partial charge in [-0.05, 0) is 29.9 Å². The van der Waals surface area contributed by atoms with E-state index in [0.717, 1.165) is 4.88 Å². The Bertz CT molecular complexity index is 412. The third kappa shape index (κ3) is 6.20. The Hall–Kier alpha value is -1.62. The summed E-state index contributed by atoms with van der Waals surface area (Å²) in [6.07, 6.45) is 3.98. The summed E-state index contributed by atoms with van der Waals surface area (Å²) >= 11 is 1.57. The number of amides is 1. The smallest absolute Gasteiger partial charge is 0.303 e. The molecule has 1 atom stereocenters. The molecule has 4 nitrogen and oxygen atoms in total. The second kappa shape index (κ2) is 7.66. The molecule has 18 heavy (non-hydrogen) atoms. The largest absolute Gasteiger partial charge is 0.481 e. The second-order valence-corrected chi connectivity index (χ2v) is 5.11. The lowest BCUT2D eigenvalue weighted by Crippen LogP contribution is -2.26. The third-order valence-corrected chi connectivity index (χ3v) is 3.26. The lowest BCUT2D eigenvalue weighted by Gasteiger charge is -2.09. The van der Waals surface area contributed by atoms with E-state index in [9.17, 15) is 9.59 Å². The molecule has 0 aliphatic rings. The summed E-state index contributed by atoms with van der Waals surface area (Å²) in [6, 6.07) is 3.86. The zero-order valence-corrected chi connectivity index (χ0v) is 11.1. The molecule has 1 unspecified atom stereocenters. The van der Waals surface area contributed by atoms with Crippen molar-refractivity contribution in [2.45, 2.75) is 19.8 Å². The molecule has 1 rings (SSSR count). The topological polar surface area (TPSA) is 66.4 Å². The van der Waals surface area contributed by atoms with E-state index in [4.69, 9.17) is 5.11 Å². The minimum absolute atomic E-state index is 0.141. The van der Waals surface area contributed by atoms with E-state index in [2.05, 4.69) is 5.32 Å². The molecule has 0 spiro atoms. The van der Waals surface area contributed by atoms with Crippen LogP contribution in [0.4, 0.5) is 0 Å². The van der Waals surface area contributed by atoms with Crippen LogP contribution in [0, 0.1) is 5.92 Å². The van der Waals surface area contributed by atoms with Gasteiger partial charge in [-0.1, -0.05) is 13.0 Å². The summed E-state index contributed by atoms with van der Waals surface area (Å²) in [4.78, 5) is 22.9. The van der Waals surface area contributed by atoms with Gasteiger partial charge in [0, 0.05) is 23.9 Å². The number of hydrogen-bond acceptors (Lipinski definition) is 3. The van der Waals surface area contributed by atoms with Gasteiger partial charge in [-0.15, -0.1) is 11.3 Å². The van der Waals surface area contributed by atoms with E-state index < -0.39 is 5.97 Å². The molecule has 1 aromatic rings. The summed E-state index contributed by atoms with van der Waals surface area (Å²) in [5, 5.41) is 13.2. The van der Waals surface area contributed by atoms with E-state index in [1.165, 1.54) is 6.08 Å². The van der Waals surface area contributed by atoms with Gasteiger partial charge >= 0.3 is 5.97 Å². The average Bonchev–Trinajstić information content (AvgIpc) is 2.84. The van der Waals surface area contributed by atoms with E-state index in [1.807, 2.05) is 24.4 Å². The summed E-state index contributed by atoms with van der Waals surface area (Å²) in [7, 11) is 0. The van der Waals surface area contributed by atoms with Gasteiger partial charge in [-0.2, -0.15) is 0 Å². The van der Waals surface area contributed by atoms with Crippen LogP contribution in [0.1, 0.15) is 24.6 Å². The van der Waals surface area contributed by atoms with Crippen molar-refractivity contribution in [2.75, 3.05) is 6.54 Å². The molecule has 0 aromatic carbocycles. The van der Waals surface area contributed by atoms with Crippen LogP contribution in [0.3, 0.4) is 0 Å². The van der Waals surface area contributed by atoms with Crippen molar-refractivity contribution in [3.8, 4) is 0 Å². The van der Waals surface area contributed by atoms with Crippen LogP contribution in [0.5, 0.6) is 0 Å². The maximum Gasteiger partial charge on any atom is 0.303 e. The number of aliphatic carboxylic acids is 1. The number of carbonyl (C=O) groups excluding carboxylic acids is 1. The van der Waals surface area contributed by atoms with E-state index in [0.29, 0.717) is 13.0 Å². The summed E-state index contributed by atoms with van der Waals surface area (Å²) < 4.78 is 0. The number of carbonyl (C=O) groups is 2. The van der Waals surface area contributed by atoms with Crippen LogP contribution in [-0.2, 0) is 9.59 Å². The Morgan fingerprint density at radius 2 is 2.33 bits per heavy atom. The molecule has 0 aliphatic carbocycles. The second-order valence-electron chi connectivity index (χ2n) is 4.13. The molecule has 0 saturated heterocycles. The molecule has 0 fully saturated rings. The van der Waals surface area contributed by atoms with Crippen molar-refractivity contribution < 1.29 is 14.7 Å². The number of carboxylic acid groups (broad SMARTS) is 1. The summed E-state index contributed by atoms with van der Waals surface area (Å²) in [6.45, 7) is 2.42. The van der Waals surface area contributed by atoms with E-state index in [1.54, 1.807) is 17.4 Å². The van der Waals surface area contributed by atoms with Crippen molar-refractivity contribution >= 4 is 29.3 Å². The molecule has 1 aromatic heterocycles. The van der Waals surface area contributed by atoms with Gasteiger partial charge in [0.15, 0.2) is 0 Å². The standard InChI is InChI=1S/C13H17NO3S/c1-10(4-7-13(16)17)9-14-12(15)6-5-11-3-2-8-18-11/h2-3,5-6,8,10H,4,7,9H2,1H3,(H,14,15)(H,16,17)/b6-5+. The highest BCUT2D eigenvalue weighted by molar-refractivity contribution is 7.10. The van der Waals surface area contributed by atoms with Gasteiger partial charge in [0.05, 0.1) is 0 Å². The number of carboxylic acids is 1. The molecule has 0 radical (unpaired) electrons. The van der Waals surface area contributed by atoms with Crippen molar-refractivity contribution in [1.29, 1.82) is 0 Å². The molecule has 0 bridgehead atoms. The van der Waals surface area contributed by atoms with Crippen molar-refractivity contribution in [3.63, 3.8) is 0 Å². The molecular formula is C13H17NO3S. The first-order valence-electron chi connectivity index (χ1n) is 5.79. The highest BCUT2D eigenvalue weighted by atomic mass is 32.1. The maximum atomic E-state index is 11.5. The Kier molecular flexibility index (Phi) is 6.14. The molecule has 1 heterocycles. The molecular weight excluding hydrogens is 250 g/mol. The van der Waals surface area contributed by atoms with Gasteiger partial charge in [-0.25, -0.2) is 0 Å². The monoisotopic (exact) mass is 267 g/mol. The van der Waals surface area contributed by atoms with Gasteiger partial charge in [0.1, 0.15) is 0 Å². The number of nitrogens with one attached hydrogen (secondary N) is 1. The zero-order chi connectivity index (χ0) is 13.4. The third-order valence-electron chi connectivity index (χ3n) is 2.42. The fourth-order valence-corrected chi connectivity index (χ4v) is 1.97. The predicted octanol–water partition coefficient (Wildman–Crippen LogP) is 2.38. The highest BCUT2D eigenvalue weighted by Crippen LogP contribution is 2.10. The Morgan fingerprint density at radius 3 is 2.94 bits per heavy atom. The van der Waals surface area contributed by atoms with Crippen LogP contribution >= 0.6 is 11.3 Å². The molecule has 5 heteroatoms. The van der Waals surface area contributed by atoms with Crippen LogP contribution in [-0.4, -0.2) is 23.5 Å². The summed E-state index contributed by atoms with van der Waals surface area (Å²) in [5.74, 6) is -0.781. The molecule has 98 valence electrons. The van der Waals surface area contributed by atoms with E-state index >= 15 is 0 Å². The number of thiophene rings is 1. The quantitative estimate of drug-likeness (QED) is 0.745.